The van der Waals surface area contributed by atoms with Crippen molar-refractivity contribution in [3.8, 4) is 17.2 Å². The first-order chi connectivity index (χ1) is 16.7. The predicted octanol–water partition coefficient (Wildman–Crippen LogP) is 4.34. The summed E-state index contributed by atoms with van der Waals surface area (Å²) in [5.74, 6) is 2.18. The van der Waals surface area contributed by atoms with Gasteiger partial charge in [0.15, 0.2) is 11.5 Å². The highest BCUT2D eigenvalue weighted by atomic mass is 16.7. The minimum atomic E-state index is -0.463. The number of hydrogen-bond donors (Lipinski definition) is 1. The van der Waals surface area contributed by atoms with E-state index in [-0.39, 0.29) is 6.79 Å². The van der Waals surface area contributed by atoms with Crippen LogP contribution in [0.4, 0.5) is 16.2 Å². The van der Waals surface area contributed by atoms with Crippen LogP contribution in [-0.2, 0) is 4.74 Å². The quantitative estimate of drug-likeness (QED) is 0.523. The normalized spacial score (nSPS) is 15.4. The zero-order valence-electron chi connectivity index (χ0n) is 19.3. The van der Waals surface area contributed by atoms with Crippen LogP contribution in [0.25, 0.3) is 10.8 Å². The Morgan fingerprint density at radius 2 is 1.85 bits per heavy atom. The van der Waals surface area contributed by atoms with Gasteiger partial charge in [0, 0.05) is 55.6 Å². The molecule has 8 heteroatoms. The van der Waals surface area contributed by atoms with Crippen LogP contribution in [0.1, 0.15) is 6.42 Å². The van der Waals surface area contributed by atoms with Gasteiger partial charge in [0.25, 0.3) is 0 Å². The number of methoxy groups -OCH3 is 1. The van der Waals surface area contributed by atoms with Gasteiger partial charge in [-0.3, -0.25) is 10.2 Å². The molecule has 0 aliphatic carbocycles. The van der Waals surface area contributed by atoms with Crippen LogP contribution in [0.3, 0.4) is 0 Å². The third-order valence-electron chi connectivity index (χ3n) is 6.25. The fourth-order valence-electron chi connectivity index (χ4n) is 4.43. The standard InChI is InChI=1S/C26H29N3O5/c1-31-21-8-6-19-4-2-5-23(22(19)17-21)29-13-11-28(12-14-29)10-3-15-32-26(30)27-20-7-9-24-25(16-20)34-18-33-24/h2,4-9,16-17H,3,10-15,18H2,1H3,(H,27,30). The maximum atomic E-state index is 12.1. The molecule has 5 rings (SSSR count). The number of anilines is 2. The van der Waals surface area contributed by atoms with Gasteiger partial charge < -0.3 is 23.8 Å². The first kappa shape index (κ1) is 22.2. The Bertz CT molecular complexity index is 1160. The number of carbonyl (C=O) groups is 1. The highest BCUT2D eigenvalue weighted by Crippen LogP contribution is 2.34. The van der Waals surface area contributed by atoms with Crippen molar-refractivity contribution in [3.63, 3.8) is 0 Å². The fourth-order valence-corrected chi connectivity index (χ4v) is 4.43. The molecule has 8 nitrogen and oxygen atoms in total. The topological polar surface area (TPSA) is 72.5 Å². The molecule has 3 aromatic rings. The smallest absolute Gasteiger partial charge is 0.411 e. The second-order valence-corrected chi connectivity index (χ2v) is 8.38. The third-order valence-corrected chi connectivity index (χ3v) is 6.25. The monoisotopic (exact) mass is 463 g/mol. The average molecular weight is 464 g/mol. The van der Waals surface area contributed by atoms with Gasteiger partial charge in [0.1, 0.15) is 5.75 Å². The van der Waals surface area contributed by atoms with E-state index in [1.807, 2.05) is 6.07 Å². The molecule has 0 radical (unpaired) electrons. The molecule has 34 heavy (non-hydrogen) atoms. The number of amides is 1. The summed E-state index contributed by atoms with van der Waals surface area (Å²) in [6, 6.07) is 17.9. The number of rotatable bonds is 7. The van der Waals surface area contributed by atoms with E-state index in [0.29, 0.717) is 23.8 Å². The van der Waals surface area contributed by atoms with E-state index >= 15 is 0 Å². The second-order valence-electron chi connectivity index (χ2n) is 8.38. The summed E-state index contributed by atoms with van der Waals surface area (Å²) in [7, 11) is 1.70. The summed E-state index contributed by atoms with van der Waals surface area (Å²) in [6.45, 7) is 5.35. The van der Waals surface area contributed by atoms with Gasteiger partial charge in [-0.25, -0.2) is 4.79 Å². The lowest BCUT2D eigenvalue weighted by Gasteiger charge is -2.36. The van der Waals surface area contributed by atoms with Crippen molar-refractivity contribution in [1.29, 1.82) is 0 Å². The second kappa shape index (κ2) is 10.1. The summed E-state index contributed by atoms with van der Waals surface area (Å²) >= 11 is 0. The van der Waals surface area contributed by atoms with Gasteiger partial charge in [-0.1, -0.05) is 18.2 Å². The van der Waals surface area contributed by atoms with Gasteiger partial charge in [-0.2, -0.15) is 0 Å². The number of hydrogen-bond acceptors (Lipinski definition) is 7. The number of benzene rings is 3. The van der Waals surface area contributed by atoms with Crippen molar-refractivity contribution < 1.29 is 23.7 Å². The molecule has 0 spiro atoms. The lowest BCUT2D eigenvalue weighted by atomic mass is 10.1. The summed E-state index contributed by atoms with van der Waals surface area (Å²) in [6.07, 6.45) is 0.329. The molecule has 1 fully saturated rings. The van der Waals surface area contributed by atoms with Crippen molar-refractivity contribution >= 4 is 28.2 Å². The SMILES string of the molecule is COc1ccc2cccc(N3CCN(CCCOC(=O)Nc4ccc5c(c4)OCO5)CC3)c2c1. The van der Waals surface area contributed by atoms with Crippen LogP contribution in [0.15, 0.2) is 54.6 Å². The Hall–Kier alpha value is -3.65. The molecule has 3 aromatic carbocycles. The summed E-state index contributed by atoms with van der Waals surface area (Å²) in [5.41, 5.74) is 1.87. The third kappa shape index (κ3) is 4.97. The molecule has 0 saturated carbocycles. The van der Waals surface area contributed by atoms with Gasteiger partial charge in [0.05, 0.1) is 13.7 Å². The van der Waals surface area contributed by atoms with Crippen LogP contribution in [-0.4, -0.2) is 64.2 Å². The van der Waals surface area contributed by atoms with Crippen molar-refractivity contribution in [1.82, 2.24) is 4.90 Å². The van der Waals surface area contributed by atoms with Crippen LogP contribution in [0, 0.1) is 0 Å². The van der Waals surface area contributed by atoms with E-state index in [4.69, 9.17) is 18.9 Å². The first-order valence-electron chi connectivity index (χ1n) is 11.6. The molecule has 1 saturated heterocycles. The van der Waals surface area contributed by atoms with Gasteiger partial charge in [-0.15, -0.1) is 0 Å². The number of ether oxygens (including phenoxy) is 4. The lowest BCUT2D eigenvalue weighted by Crippen LogP contribution is -2.46. The molecule has 2 heterocycles. The van der Waals surface area contributed by atoms with Crippen LogP contribution in [0.2, 0.25) is 0 Å². The van der Waals surface area contributed by atoms with Crippen molar-refractivity contribution in [2.75, 3.05) is 63.5 Å². The van der Waals surface area contributed by atoms with E-state index in [9.17, 15) is 4.79 Å². The van der Waals surface area contributed by atoms with E-state index in [1.165, 1.54) is 16.5 Å². The molecule has 1 N–H and O–H groups in total. The van der Waals surface area contributed by atoms with Crippen LogP contribution < -0.4 is 24.4 Å². The molecule has 0 atom stereocenters. The van der Waals surface area contributed by atoms with Gasteiger partial charge >= 0.3 is 6.09 Å². The van der Waals surface area contributed by atoms with E-state index in [0.717, 1.165) is 44.9 Å². The molecule has 0 aromatic heterocycles. The Kier molecular flexibility index (Phi) is 6.58. The summed E-state index contributed by atoms with van der Waals surface area (Å²) < 4.78 is 21.4. The van der Waals surface area contributed by atoms with Crippen LogP contribution >= 0.6 is 0 Å². The molecule has 2 aliphatic heterocycles. The van der Waals surface area contributed by atoms with Crippen molar-refractivity contribution in [3.05, 3.63) is 54.6 Å². The van der Waals surface area contributed by atoms with Crippen molar-refractivity contribution in [2.24, 2.45) is 0 Å². The fraction of sp³-hybridized carbons (Fsp3) is 0.346. The molecule has 0 bridgehead atoms. The summed E-state index contributed by atoms with van der Waals surface area (Å²) in [4.78, 5) is 16.9. The predicted molar refractivity (Wildman–Crippen MR) is 131 cm³/mol. The molecular weight excluding hydrogens is 434 g/mol. The zero-order valence-corrected chi connectivity index (χ0v) is 19.3. The molecular formula is C26H29N3O5. The Balaban J connectivity index is 1.05. The average Bonchev–Trinajstić information content (AvgIpc) is 3.34. The van der Waals surface area contributed by atoms with Crippen molar-refractivity contribution in [2.45, 2.75) is 6.42 Å². The minimum absolute atomic E-state index is 0.203. The molecule has 2 aliphatic rings. The number of piperazine rings is 1. The number of nitrogens with one attached hydrogen (secondary N) is 1. The lowest BCUT2D eigenvalue weighted by molar-refractivity contribution is 0.151. The minimum Gasteiger partial charge on any atom is -0.497 e. The first-order valence-corrected chi connectivity index (χ1v) is 11.6. The molecule has 178 valence electrons. The van der Waals surface area contributed by atoms with Gasteiger partial charge in [-0.05, 0) is 42.1 Å². The van der Waals surface area contributed by atoms with E-state index in [2.05, 4.69) is 45.4 Å². The molecule has 1 amide bonds. The van der Waals surface area contributed by atoms with Crippen LogP contribution in [0.5, 0.6) is 17.2 Å². The largest absolute Gasteiger partial charge is 0.497 e. The number of nitrogens with zero attached hydrogens (tertiary/aromatic N) is 2. The maximum absolute atomic E-state index is 12.1. The highest BCUT2D eigenvalue weighted by Gasteiger charge is 2.19. The highest BCUT2D eigenvalue weighted by molar-refractivity contribution is 5.95. The Morgan fingerprint density at radius 1 is 1.00 bits per heavy atom. The van der Waals surface area contributed by atoms with E-state index < -0.39 is 6.09 Å². The zero-order chi connectivity index (χ0) is 23.3. The van der Waals surface area contributed by atoms with E-state index in [1.54, 1.807) is 25.3 Å². The number of carbonyl (C=O) groups excluding carboxylic acids is 1. The molecule has 0 unspecified atom stereocenters. The Morgan fingerprint density at radius 3 is 2.71 bits per heavy atom. The maximum Gasteiger partial charge on any atom is 0.411 e. The van der Waals surface area contributed by atoms with Gasteiger partial charge in [0.2, 0.25) is 6.79 Å². The summed E-state index contributed by atoms with van der Waals surface area (Å²) in [5, 5.41) is 5.17. The Labute approximate surface area is 198 Å². The number of fused-ring (bicyclic) bond motifs is 2.